The predicted octanol–water partition coefficient (Wildman–Crippen LogP) is 3.67. The molecule has 0 radical (unpaired) electrons. The summed E-state index contributed by atoms with van der Waals surface area (Å²) < 4.78 is 6.01. The molecule has 0 saturated carbocycles. The van der Waals surface area contributed by atoms with Crippen LogP contribution in [0, 0.1) is 5.92 Å². The Kier molecular flexibility index (Phi) is 5.94. The minimum Gasteiger partial charge on any atom is -0.453 e. The Morgan fingerprint density at radius 2 is 1.65 bits per heavy atom. The first-order valence-electron chi connectivity index (χ1n) is 8.13. The van der Waals surface area contributed by atoms with Crippen LogP contribution in [0.1, 0.15) is 31.4 Å². The summed E-state index contributed by atoms with van der Waals surface area (Å²) in [6.45, 7) is 4.30. The number of benzene rings is 2. The van der Waals surface area contributed by atoms with Crippen LogP contribution < -0.4 is 5.73 Å². The summed E-state index contributed by atoms with van der Waals surface area (Å²) in [5.41, 5.74) is 7.34. The lowest BCUT2D eigenvalue weighted by molar-refractivity contribution is -0.167. The Hall–Kier alpha value is -2.13. The van der Waals surface area contributed by atoms with E-state index in [2.05, 4.69) is 12.1 Å². The smallest absolute Gasteiger partial charge is 0.306 e. The van der Waals surface area contributed by atoms with Crippen molar-refractivity contribution < 1.29 is 9.53 Å². The molecule has 122 valence electrons. The van der Waals surface area contributed by atoms with Crippen LogP contribution in [0.25, 0.3) is 0 Å². The molecule has 2 atom stereocenters. The van der Waals surface area contributed by atoms with Gasteiger partial charge in [0.05, 0.1) is 0 Å². The van der Waals surface area contributed by atoms with Crippen molar-refractivity contribution in [1.29, 1.82) is 0 Å². The zero-order valence-corrected chi connectivity index (χ0v) is 13.9. The molecule has 2 rings (SSSR count). The molecule has 0 bridgehead atoms. The Bertz CT molecular complexity index is 612. The molecular formula is C20H25NO2. The second-order valence-corrected chi connectivity index (χ2v) is 5.88. The molecule has 0 aliphatic carbocycles. The SMILES string of the molecule is CCC(=O)O[C@](Cc1ccccc1)(c1ccccc1)[C@H](C)CN. The summed E-state index contributed by atoms with van der Waals surface area (Å²) in [6, 6.07) is 20.0. The Balaban J connectivity index is 2.51. The minimum absolute atomic E-state index is 0.000561. The van der Waals surface area contributed by atoms with Crippen molar-refractivity contribution in [2.75, 3.05) is 6.54 Å². The third kappa shape index (κ3) is 3.99. The molecule has 2 aromatic rings. The van der Waals surface area contributed by atoms with Gasteiger partial charge in [0.25, 0.3) is 0 Å². The fourth-order valence-corrected chi connectivity index (χ4v) is 2.84. The minimum atomic E-state index is -0.746. The van der Waals surface area contributed by atoms with E-state index in [1.807, 2.05) is 62.4 Å². The van der Waals surface area contributed by atoms with Gasteiger partial charge >= 0.3 is 5.97 Å². The first-order valence-corrected chi connectivity index (χ1v) is 8.13. The van der Waals surface area contributed by atoms with Crippen molar-refractivity contribution in [2.45, 2.75) is 32.3 Å². The van der Waals surface area contributed by atoms with Gasteiger partial charge in [0.15, 0.2) is 0 Å². The summed E-state index contributed by atoms with van der Waals surface area (Å²) in [5.74, 6) is -0.203. The Morgan fingerprint density at radius 3 is 2.17 bits per heavy atom. The van der Waals surface area contributed by atoms with E-state index >= 15 is 0 Å². The number of hydrogen-bond acceptors (Lipinski definition) is 3. The number of carbonyl (C=O) groups is 1. The lowest BCUT2D eigenvalue weighted by atomic mass is 9.77. The van der Waals surface area contributed by atoms with E-state index in [9.17, 15) is 4.79 Å². The predicted molar refractivity (Wildman–Crippen MR) is 92.9 cm³/mol. The molecule has 0 aromatic heterocycles. The van der Waals surface area contributed by atoms with Gasteiger partial charge in [0, 0.05) is 18.8 Å². The van der Waals surface area contributed by atoms with Gasteiger partial charge in [-0.3, -0.25) is 4.79 Å². The highest BCUT2D eigenvalue weighted by Gasteiger charge is 2.41. The van der Waals surface area contributed by atoms with Gasteiger partial charge in [-0.2, -0.15) is 0 Å². The third-order valence-electron chi connectivity index (χ3n) is 4.31. The summed E-state index contributed by atoms with van der Waals surface area (Å²) in [7, 11) is 0. The first kappa shape index (κ1) is 17.2. The second kappa shape index (κ2) is 7.93. The van der Waals surface area contributed by atoms with Gasteiger partial charge in [-0.25, -0.2) is 0 Å². The first-order chi connectivity index (χ1) is 11.1. The van der Waals surface area contributed by atoms with Crippen molar-refractivity contribution in [1.82, 2.24) is 0 Å². The van der Waals surface area contributed by atoms with Crippen LogP contribution >= 0.6 is 0 Å². The van der Waals surface area contributed by atoms with Gasteiger partial charge in [-0.15, -0.1) is 0 Å². The molecule has 0 heterocycles. The van der Waals surface area contributed by atoms with Gasteiger partial charge in [-0.05, 0) is 17.7 Å². The van der Waals surface area contributed by atoms with Crippen molar-refractivity contribution in [3.8, 4) is 0 Å². The Morgan fingerprint density at radius 1 is 1.09 bits per heavy atom. The molecule has 0 saturated heterocycles. The summed E-state index contributed by atoms with van der Waals surface area (Å²) in [6.07, 6.45) is 0.961. The van der Waals surface area contributed by atoms with Crippen LogP contribution in [0.2, 0.25) is 0 Å². The van der Waals surface area contributed by atoms with Crippen LogP contribution in [0.15, 0.2) is 60.7 Å². The van der Waals surface area contributed by atoms with E-state index in [4.69, 9.17) is 10.5 Å². The van der Waals surface area contributed by atoms with E-state index in [0.717, 1.165) is 11.1 Å². The van der Waals surface area contributed by atoms with E-state index in [-0.39, 0.29) is 11.9 Å². The molecule has 3 nitrogen and oxygen atoms in total. The molecule has 0 amide bonds. The molecule has 0 aliphatic heterocycles. The van der Waals surface area contributed by atoms with E-state index in [1.165, 1.54) is 0 Å². The van der Waals surface area contributed by atoms with Crippen LogP contribution in [0.3, 0.4) is 0 Å². The monoisotopic (exact) mass is 311 g/mol. The number of ether oxygens (including phenoxy) is 1. The lowest BCUT2D eigenvalue weighted by Gasteiger charge is -2.39. The van der Waals surface area contributed by atoms with E-state index in [0.29, 0.717) is 19.4 Å². The largest absolute Gasteiger partial charge is 0.453 e. The molecule has 2 aromatic carbocycles. The number of rotatable bonds is 7. The maximum absolute atomic E-state index is 12.1. The average Bonchev–Trinajstić information content (AvgIpc) is 2.61. The van der Waals surface area contributed by atoms with Gasteiger partial charge in [0.2, 0.25) is 0 Å². The van der Waals surface area contributed by atoms with Crippen LogP contribution in [0.5, 0.6) is 0 Å². The molecule has 3 heteroatoms. The maximum Gasteiger partial charge on any atom is 0.306 e. The number of nitrogens with two attached hydrogens (primary N) is 1. The molecular weight excluding hydrogens is 286 g/mol. The van der Waals surface area contributed by atoms with E-state index < -0.39 is 5.60 Å². The summed E-state index contributed by atoms with van der Waals surface area (Å²) in [4.78, 5) is 12.1. The molecule has 0 spiro atoms. The van der Waals surface area contributed by atoms with Gasteiger partial charge < -0.3 is 10.5 Å². The van der Waals surface area contributed by atoms with Gasteiger partial charge in [0.1, 0.15) is 5.60 Å². The molecule has 23 heavy (non-hydrogen) atoms. The average molecular weight is 311 g/mol. The van der Waals surface area contributed by atoms with Crippen molar-refractivity contribution >= 4 is 5.97 Å². The van der Waals surface area contributed by atoms with Crippen molar-refractivity contribution in [3.05, 3.63) is 71.8 Å². The number of carbonyl (C=O) groups excluding carboxylic acids is 1. The third-order valence-corrected chi connectivity index (χ3v) is 4.31. The lowest BCUT2D eigenvalue weighted by Crippen LogP contribution is -2.44. The van der Waals surface area contributed by atoms with Crippen LogP contribution in [0.4, 0.5) is 0 Å². The van der Waals surface area contributed by atoms with Crippen molar-refractivity contribution in [3.63, 3.8) is 0 Å². The second-order valence-electron chi connectivity index (χ2n) is 5.88. The van der Waals surface area contributed by atoms with E-state index in [1.54, 1.807) is 0 Å². The number of hydrogen-bond donors (Lipinski definition) is 1. The quantitative estimate of drug-likeness (QED) is 0.794. The Labute approximate surface area is 138 Å². The fourth-order valence-electron chi connectivity index (χ4n) is 2.84. The normalized spacial score (nSPS) is 14.7. The molecule has 0 unspecified atom stereocenters. The highest BCUT2D eigenvalue weighted by Crippen LogP contribution is 2.37. The highest BCUT2D eigenvalue weighted by molar-refractivity contribution is 5.69. The summed E-state index contributed by atoms with van der Waals surface area (Å²) >= 11 is 0. The van der Waals surface area contributed by atoms with Gasteiger partial charge in [-0.1, -0.05) is 74.5 Å². The van der Waals surface area contributed by atoms with Crippen LogP contribution in [-0.4, -0.2) is 12.5 Å². The standard InChI is InChI=1S/C20H25NO2/c1-3-19(22)23-20(16(2)15-21,18-12-8-5-9-13-18)14-17-10-6-4-7-11-17/h4-13,16H,3,14-15,21H2,1-2H3/t16-,20+/m1/s1. The topological polar surface area (TPSA) is 52.3 Å². The molecule has 2 N–H and O–H groups in total. The zero-order valence-electron chi connectivity index (χ0n) is 13.9. The number of esters is 1. The highest BCUT2D eigenvalue weighted by atomic mass is 16.6. The maximum atomic E-state index is 12.1. The zero-order chi connectivity index (χ0) is 16.7. The van der Waals surface area contributed by atoms with Crippen molar-refractivity contribution in [2.24, 2.45) is 11.7 Å². The van der Waals surface area contributed by atoms with Crippen LogP contribution in [-0.2, 0) is 21.6 Å². The molecule has 0 aliphatic rings. The fraction of sp³-hybridized carbons (Fsp3) is 0.350. The molecule has 0 fully saturated rings. The summed E-state index contributed by atoms with van der Waals surface area (Å²) in [5, 5.41) is 0.